The van der Waals surface area contributed by atoms with Gasteiger partial charge in [0.15, 0.2) is 0 Å². The van der Waals surface area contributed by atoms with Gasteiger partial charge >= 0.3 is 0 Å². The third-order valence-electron chi connectivity index (χ3n) is 3.14. The van der Waals surface area contributed by atoms with E-state index in [-0.39, 0.29) is 0 Å². The van der Waals surface area contributed by atoms with Gasteiger partial charge in [-0.05, 0) is 55.7 Å². The van der Waals surface area contributed by atoms with E-state index in [1.165, 1.54) is 16.7 Å². The maximum atomic E-state index is 12.4. The van der Waals surface area contributed by atoms with Gasteiger partial charge in [0.05, 0.1) is 10.8 Å². The molecule has 0 aliphatic rings. The van der Waals surface area contributed by atoms with Crippen molar-refractivity contribution in [2.24, 2.45) is 0 Å². The first kappa shape index (κ1) is 13.0. The molecule has 0 N–H and O–H groups in total. The van der Waals surface area contributed by atoms with Crippen LogP contribution in [0.1, 0.15) is 23.6 Å². The van der Waals surface area contributed by atoms with Crippen molar-refractivity contribution in [2.75, 3.05) is 0 Å². The first-order valence-corrected chi connectivity index (χ1v) is 7.34. The Morgan fingerprint density at radius 2 is 1.56 bits per heavy atom. The number of hydrogen-bond donors (Lipinski definition) is 0. The fourth-order valence-corrected chi connectivity index (χ4v) is 3.11. The Morgan fingerprint density at radius 1 is 0.944 bits per heavy atom. The van der Waals surface area contributed by atoms with Gasteiger partial charge in [0.25, 0.3) is 0 Å². The molecular formula is C16H18OS. The monoisotopic (exact) mass is 258 g/mol. The SMILES string of the molecule is CCc1ccc(S(=O)c2ccc(C)cc2)cc1C. The zero-order valence-electron chi connectivity index (χ0n) is 11.1. The Morgan fingerprint density at radius 3 is 2.11 bits per heavy atom. The summed E-state index contributed by atoms with van der Waals surface area (Å²) >= 11 is 0. The molecule has 0 spiro atoms. The van der Waals surface area contributed by atoms with Crippen molar-refractivity contribution in [3.8, 4) is 0 Å². The summed E-state index contributed by atoms with van der Waals surface area (Å²) in [5.41, 5.74) is 3.73. The van der Waals surface area contributed by atoms with Crippen LogP contribution >= 0.6 is 0 Å². The van der Waals surface area contributed by atoms with Crippen LogP contribution in [-0.4, -0.2) is 4.21 Å². The molecule has 0 amide bonds. The smallest absolute Gasteiger partial charge is 0.0849 e. The Kier molecular flexibility index (Phi) is 3.97. The molecule has 0 aliphatic heterocycles. The molecule has 2 aromatic rings. The second-order valence-electron chi connectivity index (χ2n) is 4.52. The predicted octanol–water partition coefficient (Wildman–Crippen LogP) is 4.03. The molecule has 18 heavy (non-hydrogen) atoms. The van der Waals surface area contributed by atoms with Crippen LogP contribution in [0.5, 0.6) is 0 Å². The average molecular weight is 258 g/mol. The molecule has 2 aromatic carbocycles. The quantitative estimate of drug-likeness (QED) is 0.812. The minimum Gasteiger partial charge on any atom is -0.249 e. The molecule has 94 valence electrons. The van der Waals surface area contributed by atoms with Crippen LogP contribution in [0.25, 0.3) is 0 Å². The van der Waals surface area contributed by atoms with Crippen molar-refractivity contribution in [3.63, 3.8) is 0 Å². The Balaban J connectivity index is 2.34. The van der Waals surface area contributed by atoms with Gasteiger partial charge < -0.3 is 0 Å². The number of hydrogen-bond acceptors (Lipinski definition) is 1. The van der Waals surface area contributed by atoms with Gasteiger partial charge in [0, 0.05) is 9.79 Å². The zero-order chi connectivity index (χ0) is 13.1. The summed E-state index contributed by atoms with van der Waals surface area (Å²) < 4.78 is 12.4. The summed E-state index contributed by atoms with van der Waals surface area (Å²) in [6.07, 6.45) is 1.02. The molecule has 1 nitrogen and oxygen atoms in total. The fourth-order valence-electron chi connectivity index (χ4n) is 1.98. The molecule has 2 heteroatoms. The largest absolute Gasteiger partial charge is 0.249 e. The summed E-state index contributed by atoms with van der Waals surface area (Å²) in [4.78, 5) is 1.75. The molecule has 0 aromatic heterocycles. The topological polar surface area (TPSA) is 17.1 Å². The van der Waals surface area contributed by atoms with Gasteiger partial charge in [0.1, 0.15) is 0 Å². The predicted molar refractivity (Wildman–Crippen MR) is 76.4 cm³/mol. The second kappa shape index (κ2) is 5.49. The van der Waals surface area contributed by atoms with Crippen molar-refractivity contribution >= 4 is 10.8 Å². The first-order valence-electron chi connectivity index (χ1n) is 6.19. The summed E-state index contributed by atoms with van der Waals surface area (Å²) in [5.74, 6) is 0. The minimum absolute atomic E-state index is 0.865. The molecule has 0 aliphatic carbocycles. The van der Waals surface area contributed by atoms with Crippen molar-refractivity contribution < 1.29 is 4.21 Å². The summed E-state index contributed by atoms with van der Waals surface area (Å²) in [6, 6.07) is 14.0. The van der Waals surface area contributed by atoms with E-state index in [0.717, 1.165) is 16.2 Å². The Labute approximate surface area is 111 Å². The van der Waals surface area contributed by atoms with Crippen LogP contribution in [0.15, 0.2) is 52.3 Å². The standard InChI is InChI=1S/C16H18OS/c1-4-14-7-10-16(11-13(14)3)18(17)15-8-5-12(2)6-9-15/h5-11H,4H2,1-3H3. The Hall–Kier alpha value is -1.41. The molecule has 0 radical (unpaired) electrons. The summed E-state index contributed by atoms with van der Waals surface area (Å²) in [7, 11) is -1.08. The van der Waals surface area contributed by atoms with Gasteiger partial charge in [-0.25, -0.2) is 4.21 Å². The highest BCUT2D eigenvalue weighted by molar-refractivity contribution is 7.85. The Bertz CT molecular complexity index is 570. The highest BCUT2D eigenvalue weighted by atomic mass is 32.2. The molecule has 2 rings (SSSR count). The van der Waals surface area contributed by atoms with E-state index < -0.39 is 10.8 Å². The third-order valence-corrected chi connectivity index (χ3v) is 4.53. The van der Waals surface area contributed by atoms with Crippen LogP contribution in [0, 0.1) is 13.8 Å². The van der Waals surface area contributed by atoms with E-state index in [2.05, 4.69) is 19.9 Å². The molecule has 0 saturated carbocycles. The molecule has 0 bridgehead atoms. The van der Waals surface area contributed by atoms with Crippen LogP contribution in [0.2, 0.25) is 0 Å². The van der Waals surface area contributed by atoms with E-state index in [1.54, 1.807) is 0 Å². The number of rotatable bonds is 3. The van der Waals surface area contributed by atoms with E-state index in [9.17, 15) is 4.21 Å². The van der Waals surface area contributed by atoms with Crippen LogP contribution in [0.3, 0.4) is 0 Å². The van der Waals surface area contributed by atoms with Gasteiger partial charge in [0.2, 0.25) is 0 Å². The lowest BCUT2D eigenvalue weighted by Crippen LogP contribution is -1.95. The highest BCUT2D eigenvalue weighted by Gasteiger charge is 2.08. The van der Waals surface area contributed by atoms with Crippen molar-refractivity contribution in [3.05, 3.63) is 59.2 Å². The van der Waals surface area contributed by atoms with Gasteiger partial charge in [-0.2, -0.15) is 0 Å². The maximum Gasteiger partial charge on any atom is 0.0849 e. The molecule has 1 unspecified atom stereocenters. The third kappa shape index (κ3) is 2.70. The van der Waals surface area contributed by atoms with Gasteiger partial charge in [-0.1, -0.05) is 30.7 Å². The lowest BCUT2D eigenvalue weighted by atomic mass is 10.1. The van der Waals surface area contributed by atoms with Crippen molar-refractivity contribution in [2.45, 2.75) is 37.0 Å². The van der Waals surface area contributed by atoms with Crippen LogP contribution in [0.4, 0.5) is 0 Å². The molecular weight excluding hydrogens is 240 g/mol. The summed E-state index contributed by atoms with van der Waals surface area (Å²) in [5, 5.41) is 0. The zero-order valence-corrected chi connectivity index (χ0v) is 11.9. The minimum atomic E-state index is -1.08. The van der Waals surface area contributed by atoms with Crippen LogP contribution in [-0.2, 0) is 17.2 Å². The number of benzene rings is 2. The van der Waals surface area contributed by atoms with Crippen molar-refractivity contribution in [1.82, 2.24) is 0 Å². The fraction of sp³-hybridized carbons (Fsp3) is 0.250. The second-order valence-corrected chi connectivity index (χ2v) is 6.00. The molecule has 0 fully saturated rings. The van der Waals surface area contributed by atoms with Crippen LogP contribution < -0.4 is 0 Å². The van der Waals surface area contributed by atoms with E-state index in [1.807, 2.05) is 43.3 Å². The molecule has 1 atom stereocenters. The van der Waals surface area contributed by atoms with E-state index in [4.69, 9.17) is 0 Å². The summed E-state index contributed by atoms with van der Waals surface area (Å²) in [6.45, 7) is 6.25. The van der Waals surface area contributed by atoms with E-state index >= 15 is 0 Å². The maximum absolute atomic E-state index is 12.4. The highest BCUT2D eigenvalue weighted by Crippen LogP contribution is 2.20. The molecule has 0 saturated heterocycles. The first-order chi connectivity index (χ1) is 8.61. The van der Waals surface area contributed by atoms with Gasteiger partial charge in [-0.3, -0.25) is 0 Å². The van der Waals surface area contributed by atoms with E-state index in [0.29, 0.717) is 0 Å². The van der Waals surface area contributed by atoms with Crippen molar-refractivity contribution in [1.29, 1.82) is 0 Å². The molecule has 0 heterocycles. The average Bonchev–Trinajstić information content (AvgIpc) is 2.38. The number of aryl methyl sites for hydroxylation is 3. The normalized spacial score (nSPS) is 12.4. The lowest BCUT2D eigenvalue weighted by Gasteiger charge is -2.07. The van der Waals surface area contributed by atoms with Gasteiger partial charge in [-0.15, -0.1) is 0 Å². The lowest BCUT2D eigenvalue weighted by molar-refractivity contribution is 0.683.